The van der Waals surface area contributed by atoms with E-state index in [-0.39, 0.29) is 30.1 Å². The van der Waals surface area contributed by atoms with Gasteiger partial charge in [-0.1, -0.05) is 30.3 Å². The summed E-state index contributed by atoms with van der Waals surface area (Å²) in [5, 5.41) is 2.99. The average molecular weight is 359 g/mol. The van der Waals surface area contributed by atoms with Gasteiger partial charge < -0.3 is 19.9 Å². The molecule has 2 atom stereocenters. The molecule has 2 aliphatic rings. The van der Waals surface area contributed by atoms with Crippen LogP contribution in [0, 0.1) is 5.92 Å². The van der Waals surface area contributed by atoms with Crippen LogP contribution in [-0.4, -0.2) is 60.1 Å². The Balaban J connectivity index is 1.50. The predicted molar refractivity (Wildman–Crippen MR) is 99.5 cm³/mol. The fourth-order valence-electron chi connectivity index (χ4n) is 4.15. The normalized spacial score (nSPS) is 23.9. The minimum absolute atomic E-state index is 0.0130. The van der Waals surface area contributed by atoms with Crippen molar-refractivity contribution in [2.24, 2.45) is 5.92 Å². The molecule has 6 nitrogen and oxygen atoms in total. The number of piperidine rings is 1. The maximum atomic E-state index is 12.4. The van der Waals surface area contributed by atoms with Gasteiger partial charge in [-0.3, -0.25) is 4.79 Å². The Bertz CT molecular complexity index is 626. The van der Waals surface area contributed by atoms with E-state index in [1.807, 2.05) is 54.0 Å². The third kappa shape index (κ3) is 3.70. The number of rotatable bonds is 5. The quantitative estimate of drug-likeness (QED) is 0.820. The molecule has 0 radical (unpaired) electrons. The zero-order chi connectivity index (χ0) is 18.7. The second-order valence-corrected chi connectivity index (χ2v) is 7.45. The van der Waals surface area contributed by atoms with E-state index in [1.165, 1.54) is 0 Å². The van der Waals surface area contributed by atoms with Gasteiger partial charge in [0.15, 0.2) is 6.10 Å². The largest absolute Gasteiger partial charge is 0.369 e. The van der Waals surface area contributed by atoms with Crippen molar-refractivity contribution in [3.05, 3.63) is 35.9 Å². The fourth-order valence-corrected chi connectivity index (χ4v) is 4.15. The van der Waals surface area contributed by atoms with Crippen LogP contribution in [0.4, 0.5) is 4.79 Å². The fraction of sp³-hybridized carbons (Fsp3) is 0.600. The van der Waals surface area contributed by atoms with E-state index in [1.54, 1.807) is 7.11 Å². The molecule has 6 heteroatoms. The Morgan fingerprint density at radius 1 is 1.23 bits per heavy atom. The molecule has 1 aromatic carbocycles. The van der Waals surface area contributed by atoms with Crippen molar-refractivity contribution in [1.82, 2.24) is 15.1 Å². The standard InChI is InChI=1S/C20H29N3O3/c1-14(2)23-17(18(26-3)19(23)24)16-9-11-22(12-10-16)20(25)21-13-15-7-5-4-6-8-15/h4-8,14,16-18H,9-13H2,1-3H3,(H,21,25). The van der Waals surface area contributed by atoms with Crippen LogP contribution >= 0.6 is 0 Å². The smallest absolute Gasteiger partial charge is 0.317 e. The maximum Gasteiger partial charge on any atom is 0.317 e. The highest BCUT2D eigenvalue weighted by Gasteiger charge is 2.52. The van der Waals surface area contributed by atoms with Crippen molar-refractivity contribution in [2.75, 3.05) is 20.2 Å². The number of benzene rings is 1. The van der Waals surface area contributed by atoms with Crippen LogP contribution in [0.5, 0.6) is 0 Å². The lowest BCUT2D eigenvalue weighted by Gasteiger charge is -2.53. The first-order valence-corrected chi connectivity index (χ1v) is 9.44. The molecule has 0 saturated carbocycles. The summed E-state index contributed by atoms with van der Waals surface area (Å²) in [5.74, 6) is 0.480. The highest BCUT2D eigenvalue weighted by atomic mass is 16.5. The number of likely N-dealkylation sites (tertiary alicyclic amines) is 2. The number of carbonyl (C=O) groups is 2. The van der Waals surface area contributed by atoms with E-state index in [2.05, 4.69) is 5.32 Å². The summed E-state index contributed by atoms with van der Waals surface area (Å²) in [6.07, 6.45) is 1.49. The first-order valence-electron chi connectivity index (χ1n) is 9.44. The van der Waals surface area contributed by atoms with Crippen LogP contribution in [0.1, 0.15) is 32.3 Å². The topological polar surface area (TPSA) is 61.9 Å². The van der Waals surface area contributed by atoms with Gasteiger partial charge in [0.05, 0.1) is 6.04 Å². The summed E-state index contributed by atoms with van der Waals surface area (Å²) in [5.41, 5.74) is 1.10. The average Bonchev–Trinajstić information content (AvgIpc) is 2.65. The van der Waals surface area contributed by atoms with Crippen LogP contribution in [-0.2, 0) is 16.1 Å². The highest BCUT2D eigenvalue weighted by Crippen LogP contribution is 2.36. The first kappa shape index (κ1) is 18.7. The second kappa shape index (κ2) is 8.08. The number of methoxy groups -OCH3 is 1. The third-order valence-electron chi connectivity index (χ3n) is 5.54. The molecule has 3 rings (SSSR count). The SMILES string of the molecule is COC1C(=O)N(C(C)C)C1C1CCN(C(=O)NCc2ccccc2)CC1. The molecular formula is C20H29N3O3. The highest BCUT2D eigenvalue weighted by molar-refractivity contribution is 5.88. The molecule has 3 amide bonds. The zero-order valence-electron chi connectivity index (χ0n) is 15.9. The van der Waals surface area contributed by atoms with E-state index in [4.69, 9.17) is 4.74 Å². The Hall–Kier alpha value is -2.08. The monoisotopic (exact) mass is 359 g/mol. The van der Waals surface area contributed by atoms with Crippen LogP contribution in [0.25, 0.3) is 0 Å². The number of nitrogens with one attached hydrogen (secondary N) is 1. The summed E-state index contributed by atoms with van der Waals surface area (Å²) < 4.78 is 5.42. The van der Waals surface area contributed by atoms with Gasteiger partial charge in [-0.2, -0.15) is 0 Å². The van der Waals surface area contributed by atoms with E-state index in [0.29, 0.717) is 12.5 Å². The van der Waals surface area contributed by atoms with Crippen molar-refractivity contribution in [3.63, 3.8) is 0 Å². The number of nitrogens with zero attached hydrogens (tertiary/aromatic N) is 2. The predicted octanol–water partition coefficient (Wildman–Crippen LogP) is 2.24. The number of hydrogen-bond acceptors (Lipinski definition) is 3. The van der Waals surface area contributed by atoms with Crippen LogP contribution < -0.4 is 5.32 Å². The number of hydrogen-bond donors (Lipinski definition) is 1. The van der Waals surface area contributed by atoms with Crippen LogP contribution in [0.15, 0.2) is 30.3 Å². The van der Waals surface area contributed by atoms with Crippen molar-refractivity contribution in [1.29, 1.82) is 0 Å². The molecule has 2 aliphatic heterocycles. The van der Waals surface area contributed by atoms with Gasteiger partial charge in [0, 0.05) is 32.8 Å². The Labute approximate surface area is 155 Å². The third-order valence-corrected chi connectivity index (χ3v) is 5.54. The van der Waals surface area contributed by atoms with Crippen molar-refractivity contribution in [2.45, 2.75) is 51.4 Å². The lowest BCUT2D eigenvalue weighted by Crippen LogP contribution is -2.70. The Morgan fingerprint density at radius 3 is 2.46 bits per heavy atom. The number of urea groups is 1. The molecule has 1 N–H and O–H groups in total. The first-order chi connectivity index (χ1) is 12.5. The van der Waals surface area contributed by atoms with Crippen LogP contribution in [0.3, 0.4) is 0 Å². The molecule has 2 heterocycles. The zero-order valence-corrected chi connectivity index (χ0v) is 15.9. The van der Waals surface area contributed by atoms with Crippen molar-refractivity contribution in [3.8, 4) is 0 Å². The summed E-state index contributed by atoms with van der Waals surface area (Å²) in [4.78, 5) is 28.4. The number of ether oxygens (including phenoxy) is 1. The Kier molecular flexibility index (Phi) is 5.81. The van der Waals surface area contributed by atoms with Gasteiger partial charge in [0.1, 0.15) is 0 Å². The second-order valence-electron chi connectivity index (χ2n) is 7.45. The van der Waals surface area contributed by atoms with Crippen molar-refractivity contribution >= 4 is 11.9 Å². The maximum absolute atomic E-state index is 12.4. The number of β-lactam (4-membered cyclic amide) rings is 1. The summed E-state index contributed by atoms with van der Waals surface area (Å²) >= 11 is 0. The van der Waals surface area contributed by atoms with Crippen molar-refractivity contribution < 1.29 is 14.3 Å². The molecule has 0 bridgehead atoms. The summed E-state index contributed by atoms with van der Waals surface area (Å²) in [6.45, 7) is 6.08. The van der Waals surface area contributed by atoms with Gasteiger partial charge in [0.2, 0.25) is 0 Å². The molecule has 0 aromatic heterocycles. The van der Waals surface area contributed by atoms with E-state index < -0.39 is 0 Å². The number of carbonyl (C=O) groups excluding carboxylic acids is 2. The minimum Gasteiger partial charge on any atom is -0.369 e. The summed E-state index contributed by atoms with van der Waals surface area (Å²) in [7, 11) is 1.61. The lowest BCUT2D eigenvalue weighted by atomic mass is 9.79. The minimum atomic E-state index is -0.319. The van der Waals surface area contributed by atoms with E-state index >= 15 is 0 Å². The molecular weight excluding hydrogens is 330 g/mol. The van der Waals surface area contributed by atoms with Gasteiger partial charge in [-0.25, -0.2) is 4.79 Å². The van der Waals surface area contributed by atoms with Gasteiger partial charge >= 0.3 is 6.03 Å². The molecule has 142 valence electrons. The molecule has 2 saturated heterocycles. The lowest BCUT2D eigenvalue weighted by molar-refractivity contribution is -0.181. The molecule has 0 spiro atoms. The molecule has 26 heavy (non-hydrogen) atoms. The molecule has 2 fully saturated rings. The van der Waals surface area contributed by atoms with E-state index in [9.17, 15) is 9.59 Å². The summed E-state index contributed by atoms with van der Waals surface area (Å²) in [6, 6.07) is 10.2. The van der Waals surface area contributed by atoms with E-state index in [0.717, 1.165) is 31.5 Å². The Morgan fingerprint density at radius 2 is 1.88 bits per heavy atom. The van der Waals surface area contributed by atoms with Crippen LogP contribution in [0.2, 0.25) is 0 Å². The molecule has 1 aromatic rings. The number of amides is 3. The molecule has 2 unspecified atom stereocenters. The van der Waals surface area contributed by atoms with Gasteiger partial charge in [-0.15, -0.1) is 0 Å². The molecule has 0 aliphatic carbocycles. The van der Waals surface area contributed by atoms with Gasteiger partial charge in [0.25, 0.3) is 5.91 Å². The van der Waals surface area contributed by atoms with Gasteiger partial charge in [-0.05, 0) is 38.2 Å².